The molecule has 4 rings (SSSR count). The Labute approximate surface area is 135 Å². The third kappa shape index (κ3) is 2.76. The van der Waals surface area contributed by atoms with Gasteiger partial charge in [0, 0.05) is 42.5 Å². The summed E-state index contributed by atoms with van der Waals surface area (Å²) in [4.78, 5) is 0. The molecule has 0 saturated carbocycles. The molecule has 0 amide bonds. The monoisotopic (exact) mass is 296 g/mol. The first kappa shape index (κ1) is 13.4. The molecule has 0 saturated heterocycles. The summed E-state index contributed by atoms with van der Waals surface area (Å²) in [6, 6.07) is 18.9. The normalized spacial score (nSPS) is 12.4. The summed E-state index contributed by atoms with van der Waals surface area (Å²) in [6.07, 6.45) is 14.3. The smallest absolute Gasteiger partial charge is 0.167 e. The fourth-order valence-corrected chi connectivity index (χ4v) is 2.65. The fourth-order valence-electron chi connectivity index (χ4n) is 2.65. The van der Waals surface area contributed by atoms with Crippen molar-refractivity contribution >= 4 is 5.70 Å². The van der Waals surface area contributed by atoms with Gasteiger partial charge in [0.15, 0.2) is 24.8 Å². The lowest BCUT2D eigenvalue weighted by Gasteiger charge is -2.00. The van der Waals surface area contributed by atoms with Crippen molar-refractivity contribution in [2.45, 2.75) is 0 Å². The maximum Gasteiger partial charge on any atom is 0.254 e. The largest absolute Gasteiger partial charge is 0.254 e. The lowest BCUT2D eigenvalue weighted by Crippen LogP contribution is -2.29. The highest BCUT2D eigenvalue weighted by molar-refractivity contribution is 5.61. The van der Waals surface area contributed by atoms with Crippen LogP contribution in [0.2, 0.25) is 0 Å². The molecule has 0 fully saturated rings. The number of para-hydroxylation sites is 1. The van der Waals surface area contributed by atoms with Gasteiger partial charge in [-0.15, -0.1) is 0 Å². The molecular formula is C21H16N2+2. The van der Waals surface area contributed by atoms with E-state index in [1.54, 1.807) is 0 Å². The van der Waals surface area contributed by atoms with Crippen LogP contribution < -0.4 is 9.13 Å². The van der Waals surface area contributed by atoms with Gasteiger partial charge < -0.3 is 0 Å². The van der Waals surface area contributed by atoms with Crippen LogP contribution in [0.1, 0.15) is 0 Å². The number of pyridine rings is 2. The van der Waals surface area contributed by atoms with E-state index < -0.39 is 0 Å². The third-order valence-corrected chi connectivity index (χ3v) is 3.91. The molecule has 23 heavy (non-hydrogen) atoms. The molecule has 2 heteroatoms. The number of nitrogens with zero attached hydrogens (tertiary/aromatic N) is 2. The van der Waals surface area contributed by atoms with Crippen LogP contribution in [0.5, 0.6) is 0 Å². The van der Waals surface area contributed by atoms with E-state index in [0.717, 1.165) is 11.4 Å². The Kier molecular flexibility index (Phi) is 3.44. The highest BCUT2D eigenvalue weighted by atomic mass is 14.9. The Morgan fingerprint density at radius 2 is 1.26 bits per heavy atom. The van der Waals surface area contributed by atoms with Gasteiger partial charge in [-0.2, -0.15) is 9.13 Å². The van der Waals surface area contributed by atoms with E-state index in [1.807, 2.05) is 36.4 Å². The maximum atomic E-state index is 3.20. The molecule has 1 aromatic carbocycles. The predicted octanol–water partition coefficient (Wildman–Crippen LogP) is 3.48. The molecule has 0 N–H and O–H groups in total. The zero-order valence-corrected chi connectivity index (χ0v) is 12.6. The van der Waals surface area contributed by atoms with Gasteiger partial charge in [-0.3, -0.25) is 0 Å². The molecule has 0 unspecified atom stereocenters. The van der Waals surface area contributed by atoms with Gasteiger partial charge >= 0.3 is 0 Å². The van der Waals surface area contributed by atoms with Crippen molar-refractivity contribution in [3.8, 4) is 16.8 Å². The zero-order chi connectivity index (χ0) is 15.5. The van der Waals surface area contributed by atoms with E-state index in [1.165, 1.54) is 11.1 Å². The first-order valence-electron chi connectivity index (χ1n) is 7.62. The van der Waals surface area contributed by atoms with Gasteiger partial charge in [0.1, 0.15) is 0 Å². The Morgan fingerprint density at radius 3 is 1.83 bits per heavy atom. The lowest BCUT2D eigenvalue weighted by molar-refractivity contribution is -0.595. The van der Waals surface area contributed by atoms with E-state index in [-0.39, 0.29) is 0 Å². The predicted molar refractivity (Wildman–Crippen MR) is 90.5 cm³/mol. The van der Waals surface area contributed by atoms with Crippen molar-refractivity contribution in [1.29, 1.82) is 0 Å². The Balaban J connectivity index is 1.61. The average Bonchev–Trinajstić information content (AvgIpc) is 3.18. The van der Waals surface area contributed by atoms with E-state index in [2.05, 4.69) is 76.1 Å². The molecule has 2 aromatic heterocycles. The molecule has 1 aliphatic rings. The van der Waals surface area contributed by atoms with E-state index in [0.29, 0.717) is 0 Å². The molecule has 108 valence electrons. The fraction of sp³-hybridized carbons (Fsp3) is 0. The molecule has 2 nitrogen and oxygen atoms in total. The molecule has 2 heterocycles. The molecule has 0 atom stereocenters. The van der Waals surface area contributed by atoms with Crippen molar-refractivity contribution in [3.05, 3.63) is 103 Å². The maximum absolute atomic E-state index is 3.20. The molecular weight excluding hydrogens is 280 g/mol. The van der Waals surface area contributed by atoms with Crippen LogP contribution in [0.15, 0.2) is 103 Å². The van der Waals surface area contributed by atoms with Gasteiger partial charge in [-0.05, 0) is 29.0 Å². The second-order valence-corrected chi connectivity index (χ2v) is 5.38. The molecule has 0 radical (unpaired) electrons. The number of aromatic nitrogens is 2. The standard InChI is InChI=1S/C21H16N2/c1-2-6-20(7-3-1)22-14-10-18(11-15-22)19-12-16-23(17-13-19)21-8-4-5-9-21/h1-8,10-17H/q+2. The summed E-state index contributed by atoms with van der Waals surface area (Å²) in [6.45, 7) is 0. The third-order valence-electron chi connectivity index (χ3n) is 3.91. The van der Waals surface area contributed by atoms with Crippen LogP contribution in [0.25, 0.3) is 22.5 Å². The Hall–Kier alpha value is -3.22. The number of rotatable bonds is 3. The van der Waals surface area contributed by atoms with Gasteiger partial charge in [0.25, 0.3) is 5.70 Å². The lowest BCUT2D eigenvalue weighted by atomic mass is 10.1. The van der Waals surface area contributed by atoms with Gasteiger partial charge in [-0.1, -0.05) is 18.2 Å². The zero-order valence-electron chi connectivity index (χ0n) is 12.6. The number of hydrogen-bond donors (Lipinski definition) is 0. The molecule has 3 aromatic rings. The highest BCUT2D eigenvalue weighted by Crippen LogP contribution is 2.16. The second-order valence-electron chi connectivity index (χ2n) is 5.38. The van der Waals surface area contributed by atoms with Crippen LogP contribution >= 0.6 is 0 Å². The first-order valence-corrected chi connectivity index (χ1v) is 7.62. The van der Waals surface area contributed by atoms with Crippen LogP contribution in [-0.2, 0) is 0 Å². The van der Waals surface area contributed by atoms with Crippen molar-refractivity contribution < 1.29 is 9.13 Å². The minimum Gasteiger partial charge on any atom is -0.167 e. The number of benzene rings is 1. The molecule has 0 aliphatic heterocycles. The van der Waals surface area contributed by atoms with Crippen LogP contribution in [-0.4, -0.2) is 0 Å². The van der Waals surface area contributed by atoms with Crippen molar-refractivity contribution in [3.63, 3.8) is 0 Å². The Bertz CT molecular complexity index is 912. The molecule has 0 spiro atoms. The van der Waals surface area contributed by atoms with E-state index >= 15 is 0 Å². The van der Waals surface area contributed by atoms with Crippen LogP contribution in [0.4, 0.5) is 0 Å². The topological polar surface area (TPSA) is 7.76 Å². The van der Waals surface area contributed by atoms with Gasteiger partial charge in [0.05, 0.1) is 0 Å². The summed E-state index contributed by atoms with van der Waals surface area (Å²) in [5, 5.41) is 0. The summed E-state index contributed by atoms with van der Waals surface area (Å²) < 4.78 is 4.18. The second kappa shape index (κ2) is 5.88. The van der Waals surface area contributed by atoms with E-state index in [4.69, 9.17) is 0 Å². The quantitative estimate of drug-likeness (QED) is 0.516. The van der Waals surface area contributed by atoms with Crippen LogP contribution in [0.3, 0.4) is 0 Å². The van der Waals surface area contributed by atoms with Crippen molar-refractivity contribution in [2.24, 2.45) is 0 Å². The van der Waals surface area contributed by atoms with Crippen molar-refractivity contribution in [1.82, 2.24) is 0 Å². The van der Waals surface area contributed by atoms with Crippen LogP contribution in [0, 0.1) is 0 Å². The first-order chi connectivity index (χ1) is 11.4. The van der Waals surface area contributed by atoms with Gasteiger partial charge in [-0.25, -0.2) is 0 Å². The SMILES string of the molecule is C1=CC=CC=1[n+]1ccc(-c2cc[n+](-c3ccccc3)cc2)cc1. The van der Waals surface area contributed by atoms with Gasteiger partial charge in [0.2, 0.25) is 5.69 Å². The minimum atomic E-state index is 1.06. The molecule has 0 bridgehead atoms. The summed E-state index contributed by atoms with van der Waals surface area (Å²) in [5.74, 6) is 0. The summed E-state index contributed by atoms with van der Waals surface area (Å²) in [7, 11) is 0. The van der Waals surface area contributed by atoms with Crippen molar-refractivity contribution in [2.75, 3.05) is 0 Å². The molecule has 1 aliphatic carbocycles. The number of allylic oxidation sites excluding steroid dienone is 3. The highest BCUT2D eigenvalue weighted by Gasteiger charge is 2.10. The van der Waals surface area contributed by atoms with E-state index in [9.17, 15) is 0 Å². The Morgan fingerprint density at radius 1 is 0.652 bits per heavy atom. The summed E-state index contributed by atoms with van der Waals surface area (Å²) >= 11 is 0. The number of hydrogen-bond acceptors (Lipinski definition) is 0. The average molecular weight is 296 g/mol. The minimum absolute atomic E-state index is 1.06. The summed E-state index contributed by atoms with van der Waals surface area (Å²) in [5.41, 5.74) is 7.83.